The van der Waals surface area contributed by atoms with E-state index in [4.69, 9.17) is 0 Å². The highest BCUT2D eigenvalue weighted by molar-refractivity contribution is 5.63. The Morgan fingerprint density at radius 2 is 2.12 bits per heavy atom. The number of fused-ring (bicyclic) bond motifs is 2. The summed E-state index contributed by atoms with van der Waals surface area (Å²) in [6.07, 6.45) is 5.35. The molecule has 0 atom stereocenters. The van der Waals surface area contributed by atoms with Gasteiger partial charge in [-0.3, -0.25) is 0 Å². The van der Waals surface area contributed by atoms with Crippen molar-refractivity contribution in [2.24, 2.45) is 0 Å². The fourth-order valence-electron chi connectivity index (χ4n) is 2.80. The summed E-state index contributed by atoms with van der Waals surface area (Å²) in [5.41, 5.74) is 4.24. The van der Waals surface area contributed by atoms with Crippen molar-refractivity contribution in [3.8, 4) is 5.69 Å². The van der Waals surface area contributed by atoms with Gasteiger partial charge in [-0.25, -0.2) is 0 Å². The number of aromatic nitrogens is 1. The number of nitrogens with one attached hydrogen (secondary N) is 1. The van der Waals surface area contributed by atoms with Crippen LogP contribution >= 0.6 is 0 Å². The lowest BCUT2D eigenvalue weighted by Crippen LogP contribution is -2.41. The molecule has 0 spiro atoms. The van der Waals surface area contributed by atoms with E-state index in [0.717, 1.165) is 13.0 Å². The van der Waals surface area contributed by atoms with Crippen LogP contribution in [0.25, 0.3) is 17.5 Å². The van der Waals surface area contributed by atoms with Crippen LogP contribution < -0.4 is 15.8 Å². The Labute approximate surface area is 93.5 Å². The summed E-state index contributed by atoms with van der Waals surface area (Å²) in [4.78, 5) is 0. The molecule has 78 valence electrons. The molecule has 0 saturated carbocycles. The van der Waals surface area contributed by atoms with Crippen LogP contribution in [0.4, 0.5) is 0 Å². The third-order valence-electron chi connectivity index (χ3n) is 3.49. The third-order valence-corrected chi connectivity index (χ3v) is 3.49. The lowest BCUT2D eigenvalue weighted by atomic mass is 9.99. The summed E-state index contributed by atoms with van der Waals surface area (Å²) in [7, 11) is 0. The van der Waals surface area contributed by atoms with Crippen molar-refractivity contribution in [3.05, 3.63) is 52.7 Å². The molecule has 0 saturated heterocycles. The fraction of sp³-hybridized carbons (Fsp3) is 0.143. The molecule has 1 N–H and O–H groups in total. The minimum absolute atomic E-state index is 0.981. The lowest BCUT2D eigenvalue weighted by molar-refractivity contribution is 0.889. The SMILES string of the molecule is C1=c2cccc3c2=C(CN1)Cc1cccn1-3. The highest BCUT2D eigenvalue weighted by Gasteiger charge is 2.16. The number of hydrogen-bond acceptors (Lipinski definition) is 1. The molecular weight excluding hydrogens is 196 g/mol. The van der Waals surface area contributed by atoms with E-state index in [-0.39, 0.29) is 0 Å². The van der Waals surface area contributed by atoms with Gasteiger partial charge in [0.2, 0.25) is 0 Å². The molecule has 2 aliphatic heterocycles. The predicted molar refractivity (Wildman–Crippen MR) is 64.6 cm³/mol. The Morgan fingerprint density at radius 3 is 3.12 bits per heavy atom. The highest BCUT2D eigenvalue weighted by Crippen LogP contribution is 2.18. The maximum absolute atomic E-state index is 3.35. The molecule has 0 bridgehead atoms. The van der Waals surface area contributed by atoms with Gasteiger partial charge in [0.15, 0.2) is 0 Å². The average Bonchev–Trinajstić information content (AvgIpc) is 2.78. The molecule has 1 aromatic carbocycles. The lowest BCUT2D eigenvalue weighted by Gasteiger charge is -2.22. The first-order valence-electron chi connectivity index (χ1n) is 5.65. The normalized spacial score (nSPS) is 15.9. The first-order valence-corrected chi connectivity index (χ1v) is 5.65. The summed E-state index contributed by atoms with van der Waals surface area (Å²) in [5, 5.41) is 6.11. The minimum Gasteiger partial charge on any atom is -0.387 e. The number of rotatable bonds is 0. The summed E-state index contributed by atoms with van der Waals surface area (Å²) in [6, 6.07) is 10.9. The van der Waals surface area contributed by atoms with Crippen molar-refractivity contribution >= 4 is 11.8 Å². The molecule has 2 aromatic rings. The number of nitrogens with zero attached hydrogens (tertiary/aromatic N) is 1. The van der Waals surface area contributed by atoms with Crippen LogP contribution in [0.3, 0.4) is 0 Å². The van der Waals surface area contributed by atoms with Crippen LogP contribution in [0.15, 0.2) is 36.5 Å². The zero-order valence-electron chi connectivity index (χ0n) is 8.90. The standard InChI is InChI=1S/C14H12N2/c1-3-10-8-15-9-11-7-12-4-2-6-16(12)13(5-1)14(10)11/h1-6,8,15H,7,9H2. The largest absolute Gasteiger partial charge is 0.387 e. The molecule has 3 heterocycles. The van der Waals surface area contributed by atoms with E-state index < -0.39 is 0 Å². The second-order valence-corrected chi connectivity index (χ2v) is 4.42. The van der Waals surface area contributed by atoms with Gasteiger partial charge in [-0.15, -0.1) is 0 Å². The smallest absolute Gasteiger partial charge is 0.0531 e. The van der Waals surface area contributed by atoms with Gasteiger partial charge < -0.3 is 9.88 Å². The molecule has 16 heavy (non-hydrogen) atoms. The molecule has 4 rings (SSSR count). The maximum atomic E-state index is 3.35. The Hall–Kier alpha value is -1.96. The molecule has 2 heteroatoms. The Balaban J connectivity index is 2.23. The van der Waals surface area contributed by atoms with Crippen molar-refractivity contribution in [2.75, 3.05) is 6.54 Å². The molecule has 0 aliphatic carbocycles. The zero-order valence-corrected chi connectivity index (χ0v) is 8.90. The van der Waals surface area contributed by atoms with Crippen molar-refractivity contribution in [1.29, 1.82) is 0 Å². The van der Waals surface area contributed by atoms with Crippen LogP contribution in [0.1, 0.15) is 5.69 Å². The Kier molecular flexibility index (Phi) is 1.43. The van der Waals surface area contributed by atoms with Gasteiger partial charge in [0, 0.05) is 36.3 Å². The number of benzene rings is 1. The van der Waals surface area contributed by atoms with Gasteiger partial charge in [-0.1, -0.05) is 12.1 Å². The van der Waals surface area contributed by atoms with Crippen LogP contribution in [0, 0.1) is 0 Å². The maximum Gasteiger partial charge on any atom is 0.0531 e. The van der Waals surface area contributed by atoms with E-state index in [0.29, 0.717) is 0 Å². The van der Waals surface area contributed by atoms with Gasteiger partial charge in [0.1, 0.15) is 0 Å². The number of hydrogen-bond donors (Lipinski definition) is 1. The highest BCUT2D eigenvalue weighted by atomic mass is 15.0. The summed E-state index contributed by atoms with van der Waals surface area (Å²) < 4.78 is 2.31. The van der Waals surface area contributed by atoms with Gasteiger partial charge in [0.05, 0.1) is 5.69 Å². The van der Waals surface area contributed by atoms with E-state index in [9.17, 15) is 0 Å². The van der Waals surface area contributed by atoms with E-state index in [1.54, 1.807) is 0 Å². The molecule has 0 unspecified atom stereocenters. The van der Waals surface area contributed by atoms with Crippen LogP contribution in [-0.4, -0.2) is 11.1 Å². The Bertz CT molecular complexity index is 692. The summed E-state index contributed by atoms with van der Waals surface area (Å²) in [6.45, 7) is 0.981. The minimum atomic E-state index is 0.981. The van der Waals surface area contributed by atoms with Gasteiger partial charge in [-0.05, 0) is 29.0 Å². The van der Waals surface area contributed by atoms with Gasteiger partial charge >= 0.3 is 0 Å². The first-order chi connectivity index (χ1) is 7.93. The van der Waals surface area contributed by atoms with Gasteiger partial charge in [-0.2, -0.15) is 0 Å². The zero-order chi connectivity index (χ0) is 10.5. The van der Waals surface area contributed by atoms with E-state index in [2.05, 4.69) is 52.6 Å². The summed E-state index contributed by atoms with van der Waals surface area (Å²) in [5.74, 6) is 0. The van der Waals surface area contributed by atoms with Crippen LogP contribution in [-0.2, 0) is 6.42 Å². The predicted octanol–water partition coefficient (Wildman–Crippen LogP) is 0.525. The van der Waals surface area contributed by atoms with E-state index in [1.165, 1.54) is 27.4 Å². The first kappa shape index (κ1) is 8.22. The quantitative estimate of drug-likeness (QED) is 0.668. The van der Waals surface area contributed by atoms with E-state index in [1.807, 2.05) is 0 Å². The molecule has 0 radical (unpaired) electrons. The molecule has 2 aliphatic rings. The fourth-order valence-corrected chi connectivity index (χ4v) is 2.80. The molecule has 0 amide bonds. The molecule has 2 nitrogen and oxygen atoms in total. The second-order valence-electron chi connectivity index (χ2n) is 4.42. The van der Waals surface area contributed by atoms with Crippen molar-refractivity contribution in [1.82, 2.24) is 9.88 Å². The topological polar surface area (TPSA) is 17.0 Å². The van der Waals surface area contributed by atoms with Crippen molar-refractivity contribution < 1.29 is 0 Å². The molecule has 0 fully saturated rings. The van der Waals surface area contributed by atoms with Gasteiger partial charge in [0.25, 0.3) is 0 Å². The van der Waals surface area contributed by atoms with Crippen LogP contribution in [0.5, 0.6) is 0 Å². The Morgan fingerprint density at radius 1 is 1.12 bits per heavy atom. The second kappa shape index (κ2) is 2.79. The van der Waals surface area contributed by atoms with Crippen LogP contribution in [0.2, 0.25) is 0 Å². The van der Waals surface area contributed by atoms with E-state index >= 15 is 0 Å². The average molecular weight is 208 g/mol. The molecule has 1 aromatic heterocycles. The van der Waals surface area contributed by atoms with Crippen molar-refractivity contribution in [3.63, 3.8) is 0 Å². The summed E-state index contributed by atoms with van der Waals surface area (Å²) >= 11 is 0. The molecular formula is C14H12N2. The third kappa shape index (κ3) is 0.915. The van der Waals surface area contributed by atoms with Crippen molar-refractivity contribution in [2.45, 2.75) is 6.42 Å². The monoisotopic (exact) mass is 208 g/mol.